The van der Waals surface area contributed by atoms with Gasteiger partial charge in [-0.2, -0.15) is 0 Å². The number of hydrogen-bond acceptors (Lipinski definition) is 3. The smallest absolute Gasteiger partial charge is 0.323 e. The van der Waals surface area contributed by atoms with Gasteiger partial charge in [0.25, 0.3) is 0 Å². The minimum absolute atomic E-state index is 0.149. The second kappa shape index (κ2) is 7.12. The van der Waals surface area contributed by atoms with Crippen LogP contribution in [0.15, 0.2) is 0 Å². The highest BCUT2D eigenvalue weighted by atomic mass is 16.4. The molecule has 1 aliphatic rings. The molecule has 0 aromatic carbocycles. The predicted octanol–water partition coefficient (Wildman–Crippen LogP) is 0.406. The second-order valence-corrected chi connectivity index (χ2v) is 5.62. The van der Waals surface area contributed by atoms with Gasteiger partial charge in [-0.3, -0.25) is 9.59 Å². The van der Waals surface area contributed by atoms with Crippen LogP contribution in [-0.4, -0.2) is 53.1 Å². The van der Waals surface area contributed by atoms with Crippen LogP contribution in [0.3, 0.4) is 0 Å². The van der Waals surface area contributed by atoms with Crippen LogP contribution < -0.4 is 10.6 Å². The number of nitrogens with zero attached hydrogens (tertiary/aromatic N) is 1. The lowest BCUT2D eigenvalue weighted by molar-refractivity contribution is -0.137. The van der Waals surface area contributed by atoms with Crippen molar-refractivity contribution in [1.29, 1.82) is 0 Å². The molecule has 3 N–H and O–H groups in total. The Morgan fingerprint density at radius 3 is 2.30 bits per heavy atom. The summed E-state index contributed by atoms with van der Waals surface area (Å²) in [7, 11) is 0. The molecule has 0 radical (unpaired) electrons. The number of rotatable bonds is 7. The standard InChI is InChI=1S/C13H23N3O4/c1-8(2)6-16(7-11(17)18)13(20)14-9(3)12(19)15-10-4-5-10/h8-10H,4-7H2,1-3H3,(H,14,20)(H,15,19)(H,17,18). The average Bonchev–Trinajstić information content (AvgIpc) is 3.10. The van der Waals surface area contributed by atoms with E-state index in [1.807, 2.05) is 13.8 Å². The minimum atomic E-state index is -1.07. The van der Waals surface area contributed by atoms with Crippen molar-refractivity contribution in [2.45, 2.75) is 45.7 Å². The molecule has 1 atom stereocenters. The van der Waals surface area contributed by atoms with E-state index in [2.05, 4.69) is 10.6 Å². The van der Waals surface area contributed by atoms with E-state index in [4.69, 9.17) is 5.11 Å². The fourth-order valence-electron chi connectivity index (χ4n) is 1.72. The van der Waals surface area contributed by atoms with E-state index in [9.17, 15) is 14.4 Å². The maximum Gasteiger partial charge on any atom is 0.323 e. The van der Waals surface area contributed by atoms with E-state index in [-0.39, 0.29) is 24.4 Å². The van der Waals surface area contributed by atoms with Crippen molar-refractivity contribution in [3.05, 3.63) is 0 Å². The minimum Gasteiger partial charge on any atom is -0.480 e. The first kappa shape index (κ1) is 16.3. The fourth-order valence-corrected chi connectivity index (χ4v) is 1.72. The first-order valence-corrected chi connectivity index (χ1v) is 6.87. The Balaban J connectivity index is 2.49. The van der Waals surface area contributed by atoms with Crippen LogP contribution in [-0.2, 0) is 9.59 Å². The van der Waals surface area contributed by atoms with Crippen molar-refractivity contribution in [1.82, 2.24) is 15.5 Å². The first-order chi connectivity index (χ1) is 9.29. The summed E-state index contributed by atoms with van der Waals surface area (Å²) in [5, 5.41) is 14.1. The fraction of sp³-hybridized carbons (Fsp3) is 0.769. The molecule has 0 heterocycles. The summed E-state index contributed by atoms with van der Waals surface area (Å²) in [4.78, 5) is 35.7. The molecule has 1 unspecified atom stereocenters. The molecule has 1 aliphatic carbocycles. The van der Waals surface area contributed by atoms with Crippen molar-refractivity contribution in [3.63, 3.8) is 0 Å². The highest BCUT2D eigenvalue weighted by molar-refractivity contribution is 5.88. The van der Waals surface area contributed by atoms with Crippen LogP contribution in [0.1, 0.15) is 33.6 Å². The van der Waals surface area contributed by atoms with Crippen LogP contribution in [0.5, 0.6) is 0 Å². The van der Waals surface area contributed by atoms with E-state index in [1.165, 1.54) is 4.90 Å². The van der Waals surface area contributed by atoms with Gasteiger partial charge in [-0.25, -0.2) is 4.79 Å². The average molecular weight is 285 g/mol. The summed E-state index contributed by atoms with van der Waals surface area (Å²) in [6.07, 6.45) is 1.95. The highest BCUT2D eigenvalue weighted by Crippen LogP contribution is 2.18. The summed E-state index contributed by atoms with van der Waals surface area (Å²) >= 11 is 0. The van der Waals surface area contributed by atoms with Crippen molar-refractivity contribution in [2.75, 3.05) is 13.1 Å². The summed E-state index contributed by atoms with van der Waals surface area (Å²) < 4.78 is 0. The van der Waals surface area contributed by atoms with Crippen molar-refractivity contribution < 1.29 is 19.5 Å². The molecule has 1 rings (SSSR count). The van der Waals surface area contributed by atoms with Gasteiger partial charge in [-0.05, 0) is 25.7 Å². The summed E-state index contributed by atoms with van der Waals surface area (Å²) in [6.45, 7) is 5.33. The number of amides is 3. The molecule has 0 aromatic heterocycles. The molecule has 20 heavy (non-hydrogen) atoms. The monoisotopic (exact) mass is 285 g/mol. The van der Waals surface area contributed by atoms with Crippen molar-refractivity contribution >= 4 is 17.9 Å². The Morgan fingerprint density at radius 1 is 1.25 bits per heavy atom. The van der Waals surface area contributed by atoms with E-state index in [1.54, 1.807) is 6.92 Å². The van der Waals surface area contributed by atoms with Crippen LogP contribution in [0, 0.1) is 5.92 Å². The third kappa shape index (κ3) is 5.90. The Bertz CT molecular complexity index is 380. The highest BCUT2D eigenvalue weighted by Gasteiger charge is 2.27. The number of nitrogens with one attached hydrogen (secondary N) is 2. The first-order valence-electron chi connectivity index (χ1n) is 6.87. The molecular weight excluding hydrogens is 262 g/mol. The number of carbonyl (C=O) groups is 3. The van der Waals surface area contributed by atoms with Gasteiger partial charge in [-0.1, -0.05) is 13.8 Å². The van der Waals surface area contributed by atoms with Gasteiger partial charge in [0.2, 0.25) is 5.91 Å². The molecule has 0 saturated heterocycles. The van der Waals surface area contributed by atoms with Crippen LogP contribution >= 0.6 is 0 Å². The van der Waals surface area contributed by atoms with Gasteiger partial charge in [0.15, 0.2) is 0 Å². The summed E-state index contributed by atoms with van der Waals surface area (Å²) in [5.41, 5.74) is 0. The zero-order valence-corrected chi connectivity index (χ0v) is 12.2. The van der Waals surface area contributed by atoms with Gasteiger partial charge in [0.05, 0.1) is 0 Å². The lowest BCUT2D eigenvalue weighted by atomic mass is 10.2. The number of carboxylic acids is 1. The molecule has 0 bridgehead atoms. The molecule has 0 aromatic rings. The Labute approximate surface area is 118 Å². The molecule has 0 aliphatic heterocycles. The largest absolute Gasteiger partial charge is 0.480 e. The molecule has 7 heteroatoms. The lowest BCUT2D eigenvalue weighted by Crippen LogP contribution is -2.51. The molecular formula is C13H23N3O4. The van der Waals surface area contributed by atoms with Crippen LogP contribution in [0.2, 0.25) is 0 Å². The molecule has 1 fully saturated rings. The van der Waals surface area contributed by atoms with Gasteiger partial charge >= 0.3 is 12.0 Å². The second-order valence-electron chi connectivity index (χ2n) is 5.62. The van der Waals surface area contributed by atoms with Crippen LogP contribution in [0.4, 0.5) is 4.79 Å². The third-order valence-electron chi connectivity index (χ3n) is 2.86. The normalized spacial score (nSPS) is 15.6. The zero-order valence-electron chi connectivity index (χ0n) is 12.2. The van der Waals surface area contributed by atoms with E-state index in [0.29, 0.717) is 6.54 Å². The van der Waals surface area contributed by atoms with Gasteiger partial charge in [-0.15, -0.1) is 0 Å². The van der Waals surface area contributed by atoms with E-state index >= 15 is 0 Å². The number of carbonyl (C=O) groups excluding carboxylic acids is 2. The SMILES string of the molecule is CC(C)CN(CC(=O)O)C(=O)NC(C)C(=O)NC1CC1. The third-order valence-corrected chi connectivity index (χ3v) is 2.86. The van der Waals surface area contributed by atoms with E-state index in [0.717, 1.165) is 12.8 Å². The van der Waals surface area contributed by atoms with Crippen molar-refractivity contribution in [3.8, 4) is 0 Å². The Kier molecular flexibility index (Phi) is 5.79. The summed E-state index contributed by atoms with van der Waals surface area (Å²) in [6, 6.07) is -0.973. The maximum absolute atomic E-state index is 12.0. The Morgan fingerprint density at radius 2 is 1.85 bits per heavy atom. The molecule has 114 valence electrons. The predicted molar refractivity (Wildman–Crippen MR) is 73.2 cm³/mol. The van der Waals surface area contributed by atoms with Gasteiger partial charge < -0.3 is 20.6 Å². The molecule has 3 amide bonds. The van der Waals surface area contributed by atoms with Gasteiger partial charge in [0.1, 0.15) is 12.6 Å². The van der Waals surface area contributed by atoms with E-state index < -0.39 is 18.0 Å². The van der Waals surface area contributed by atoms with Crippen LogP contribution in [0.25, 0.3) is 0 Å². The number of urea groups is 1. The maximum atomic E-state index is 12.0. The number of aliphatic carboxylic acids is 1. The lowest BCUT2D eigenvalue weighted by Gasteiger charge is -2.25. The topological polar surface area (TPSA) is 98.7 Å². The quantitative estimate of drug-likeness (QED) is 0.630. The number of carboxylic acid groups (broad SMARTS) is 1. The van der Waals surface area contributed by atoms with Crippen molar-refractivity contribution in [2.24, 2.45) is 5.92 Å². The molecule has 1 saturated carbocycles. The Hall–Kier alpha value is -1.79. The molecule has 0 spiro atoms. The zero-order chi connectivity index (χ0) is 15.3. The number of hydrogen-bond donors (Lipinski definition) is 3. The van der Waals surface area contributed by atoms with Gasteiger partial charge in [0, 0.05) is 12.6 Å². The summed E-state index contributed by atoms with van der Waals surface area (Å²) in [5.74, 6) is -1.16. The molecule has 7 nitrogen and oxygen atoms in total.